The summed E-state index contributed by atoms with van der Waals surface area (Å²) in [7, 11) is 0. The van der Waals surface area contributed by atoms with Gasteiger partial charge in [0.15, 0.2) is 0 Å². The largest absolute Gasteiger partial charge is 0.126 e. The van der Waals surface area contributed by atoms with Gasteiger partial charge in [0.1, 0.15) is 0 Å². The maximum absolute atomic E-state index is 3.37. The van der Waals surface area contributed by atoms with Crippen LogP contribution >= 0.6 is 0 Å². The molecule has 5 rings (SSSR count). The molecule has 2 aliphatic carbocycles. The van der Waals surface area contributed by atoms with Crippen LogP contribution in [0.2, 0.25) is 0 Å². The van der Waals surface area contributed by atoms with Crippen molar-refractivity contribution in [1.82, 2.24) is 0 Å². The van der Waals surface area contributed by atoms with Gasteiger partial charge in [-0.25, -0.2) is 5.57 Å². The van der Waals surface area contributed by atoms with E-state index in [1.807, 2.05) is 0 Å². The van der Waals surface area contributed by atoms with Crippen LogP contribution < -0.4 is 24.8 Å². The van der Waals surface area contributed by atoms with Gasteiger partial charge in [0.25, 0.3) is 0 Å². The van der Waals surface area contributed by atoms with Crippen molar-refractivity contribution in [2.75, 3.05) is 0 Å². The number of rotatable bonds is 1. The van der Waals surface area contributed by atoms with Gasteiger partial charge in [-0.1, -0.05) is 75.9 Å². The van der Waals surface area contributed by atoms with Gasteiger partial charge in [0, 0.05) is 0 Å². The molecule has 1 unspecified atom stereocenters. The molecule has 1 saturated carbocycles. The molecule has 0 heterocycles. The first-order valence-corrected chi connectivity index (χ1v) is 12.6. The average molecular weight is 545 g/mol. The first-order valence-electron chi connectivity index (χ1n) is 11.4. The van der Waals surface area contributed by atoms with E-state index in [4.69, 9.17) is 0 Å². The minimum Gasteiger partial charge on any atom is -0.126 e. The molecule has 0 N–H and O–H groups in total. The van der Waals surface area contributed by atoms with Crippen molar-refractivity contribution in [3.05, 3.63) is 77.9 Å². The molecule has 3 aromatic carbocycles. The van der Waals surface area contributed by atoms with Crippen LogP contribution in [0.25, 0.3) is 21.5 Å². The third-order valence-electron chi connectivity index (χ3n) is 5.91. The van der Waals surface area contributed by atoms with Crippen molar-refractivity contribution in [1.29, 1.82) is 0 Å². The Labute approximate surface area is 222 Å². The minimum atomic E-state index is 0. The molecular formula is C29H34Cl2Zr-2. The van der Waals surface area contributed by atoms with E-state index in [0.29, 0.717) is 11.8 Å². The topological polar surface area (TPSA) is 0 Å². The average Bonchev–Trinajstić information content (AvgIpc) is 3.29. The molecule has 0 nitrogen and oxygen atoms in total. The number of hydrogen-bond acceptors (Lipinski definition) is 0. The minimum absolute atomic E-state index is 0. The van der Waals surface area contributed by atoms with Gasteiger partial charge in [0.05, 0.1) is 0 Å². The molecule has 0 saturated heterocycles. The predicted molar refractivity (Wildman–Crippen MR) is 130 cm³/mol. The summed E-state index contributed by atoms with van der Waals surface area (Å²) in [5.41, 5.74) is 2.83. The molecule has 0 bridgehead atoms. The van der Waals surface area contributed by atoms with Gasteiger partial charge in [0.2, 0.25) is 0 Å². The van der Waals surface area contributed by atoms with E-state index in [0.717, 1.165) is 0 Å². The Balaban J connectivity index is 0.000000244. The standard InChI is InChI=1S/C13H9.C10H15.C6H10.2ClH.Zr/c1-3-7-12-10(5-1)9-11-6-2-4-8-13(11)12;1-7(2)10-6-8(3)5-9(10)4;1-2-4-6-5-3-1;;;/h1-9H;6-8H,1-4H3;1-5H2;2*1H;/q2*-1;;;;+2/p-2. The summed E-state index contributed by atoms with van der Waals surface area (Å²) >= 11 is 1.69. The van der Waals surface area contributed by atoms with E-state index >= 15 is 0 Å². The second-order valence-corrected chi connectivity index (χ2v) is 10.6. The fourth-order valence-corrected chi connectivity index (χ4v) is 5.24. The Morgan fingerprint density at radius 2 is 1.38 bits per heavy atom. The van der Waals surface area contributed by atoms with Crippen molar-refractivity contribution < 1.29 is 49.0 Å². The third-order valence-corrected chi connectivity index (χ3v) is 7.14. The second-order valence-electron chi connectivity index (χ2n) is 8.82. The van der Waals surface area contributed by atoms with Crippen molar-refractivity contribution >= 4 is 24.8 Å². The van der Waals surface area contributed by atoms with Crippen LogP contribution in [-0.4, -0.2) is 3.21 Å². The summed E-state index contributed by atoms with van der Waals surface area (Å²) in [5, 5.41) is 5.39. The van der Waals surface area contributed by atoms with E-state index in [9.17, 15) is 0 Å². The molecule has 1 fully saturated rings. The monoisotopic (exact) mass is 542 g/mol. The van der Waals surface area contributed by atoms with E-state index in [-0.39, 0.29) is 24.8 Å². The van der Waals surface area contributed by atoms with Crippen LogP contribution in [0.1, 0.15) is 59.8 Å². The van der Waals surface area contributed by atoms with Gasteiger partial charge in [-0.15, -0.1) is 39.7 Å². The molecule has 170 valence electrons. The maximum Gasteiger partial charge on any atom is -0.0771 e. The number of hydrogen-bond donors (Lipinski definition) is 0. The fraction of sp³-hybridized carbons (Fsp3) is 0.379. The fourth-order valence-electron chi connectivity index (χ4n) is 4.37. The Bertz CT molecular complexity index is 997. The van der Waals surface area contributed by atoms with Gasteiger partial charge in [-0.2, -0.15) is 11.6 Å². The first-order chi connectivity index (χ1) is 14.5. The SMILES string of the molecule is CC1=[C-]C(C)C=C1C(C)C.[Cl-].[Cl-].[Zr+2]=[C]1CCCCC1.c1ccc2c(c1)[cH-]c1ccccc12. The number of benzene rings is 2. The van der Waals surface area contributed by atoms with Gasteiger partial charge in [-0.05, 0) is 0 Å². The Kier molecular flexibility index (Phi) is 13.1. The van der Waals surface area contributed by atoms with Crippen molar-refractivity contribution in [2.24, 2.45) is 11.8 Å². The third kappa shape index (κ3) is 8.16. The maximum atomic E-state index is 3.37. The van der Waals surface area contributed by atoms with E-state index < -0.39 is 0 Å². The quantitative estimate of drug-likeness (QED) is 0.413. The summed E-state index contributed by atoms with van der Waals surface area (Å²) < 4.78 is 1.80. The molecule has 0 aliphatic heterocycles. The molecule has 0 amide bonds. The molecule has 0 radical (unpaired) electrons. The molecular weight excluding hydrogens is 510 g/mol. The van der Waals surface area contributed by atoms with Crippen LogP contribution in [0.15, 0.2) is 71.8 Å². The summed E-state index contributed by atoms with van der Waals surface area (Å²) in [6, 6.07) is 19.3. The normalized spacial score (nSPS) is 17.3. The molecule has 0 aromatic heterocycles. The second kappa shape index (κ2) is 14.4. The summed E-state index contributed by atoms with van der Waals surface area (Å²) in [6.45, 7) is 8.79. The van der Waals surface area contributed by atoms with E-state index in [2.05, 4.69) is 94.4 Å². The molecule has 3 heteroatoms. The zero-order valence-electron chi connectivity index (χ0n) is 19.7. The number of fused-ring (bicyclic) bond motifs is 3. The van der Waals surface area contributed by atoms with Crippen LogP contribution in [0, 0.1) is 17.9 Å². The molecule has 2 aliphatic rings. The number of allylic oxidation sites excluding steroid dienone is 4. The van der Waals surface area contributed by atoms with Gasteiger partial charge >= 0.3 is 59.5 Å². The zero-order chi connectivity index (χ0) is 21.5. The Morgan fingerprint density at radius 1 is 0.875 bits per heavy atom. The molecule has 1 atom stereocenters. The van der Waals surface area contributed by atoms with Crippen molar-refractivity contribution in [3.8, 4) is 0 Å². The molecule has 32 heavy (non-hydrogen) atoms. The van der Waals surface area contributed by atoms with E-state index in [1.165, 1.54) is 64.8 Å². The summed E-state index contributed by atoms with van der Waals surface area (Å²) in [4.78, 5) is 0. The van der Waals surface area contributed by atoms with Crippen LogP contribution in [0.3, 0.4) is 0 Å². The van der Waals surface area contributed by atoms with Gasteiger partial charge in [-0.3, -0.25) is 6.08 Å². The smallest absolute Gasteiger partial charge is 0.0771 e. The predicted octanol–water partition coefficient (Wildman–Crippen LogP) is 2.36. The van der Waals surface area contributed by atoms with E-state index in [1.54, 1.807) is 27.4 Å². The number of halogens is 2. The molecule has 0 spiro atoms. The zero-order valence-corrected chi connectivity index (χ0v) is 23.7. The summed E-state index contributed by atoms with van der Waals surface area (Å²) in [6.07, 6.45) is 13.0. The van der Waals surface area contributed by atoms with Gasteiger partial charge < -0.3 is 24.8 Å². The molecule has 3 aromatic rings. The summed E-state index contributed by atoms with van der Waals surface area (Å²) in [5.74, 6) is 1.20. The van der Waals surface area contributed by atoms with Crippen molar-refractivity contribution in [3.63, 3.8) is 0 Å². The van der Waals surface area contributed by atoms with Crippen LogP contribution in [-0.2, 0) is 24.2 Å². The Hall–Kier alpha value is -0.877. The van der Waals surface area contributed by atoms with Crippen LogP contribution in [0.4, 0.5) is 0 Å². The van der Waals surface area contributed by atoms with Crippen molar-refractivity contribution in [2.45, 2.75) is 59.8 Å². The van der Waals surface area contributed by atoms with Crippen LogP contribution in [0.5, 0.6) is 0 Å². The Morgan fingerprint density at radius 3 is 1.72 bits per heavy atom. The first kappa shape index (κ1) is 29.2.